The Labute approximate surface area is 805 Å². The van der Waals surface area contributed by atoms with Crippen molar-refractivity contribution in [3.63, 3.8) is 0 Å². The molecule has 0 saturated carbocycles. The van der Waals surface area contributed by atoms with E-state index in [1.165, 1.54) is 124 Å². The summed E-state index contributed by atoms with van der Waals surface area (Å²) in [5.41, 5.74) is 7.54. The molecular formula is C110H196N16O2S2. The minimum Gasteiger partial charge on any atom is -0.446 e. The Hall–Kier alpha value is -7.06. The highest BCUT2D eigenvalue weighted by Gasteiger charge is 2.15. The molecule has 10 heterocycles. The van der Waals surface area contributed by atoms with E-state index in [0.717, 1.165) is 141 Å². The fraction of sp³-hybridized carbons (Fsp3) is 0.727. The zero-order valence-corrected chi connectivity index (χ0v) is 92.3. The number of thiazole rings is 2. The standard InChI is InChI=1S/3C13H24N2.C13H23NO.C13H23NS.3C9H16N2.C9H15NO.C9H15NS/c1-11(2)5-6-13-8-10-15(14-13)9-7-12(3)4;1-11(2)5-6-13-9-15(10-14-13)8-7-12(3)4;1-11(2)5-6-13-9-14-15(10-13)8-7-12(3)4;2*1-10(2)5-7-12-9-14-13(15-12)8-6-11(3)4;1-7(2)9-5-11(6-10-9)8(3)4;1-7(2)9-5-10-11(6-9)8(3)4;1-7(2)9-5-6-11(10-9)8(3)4;2*1-6(2)8-5-10-9(11-8)7(3)4/h8,10-12H,5-7,9H2,1-4H3;2*9-12H,5-8H2,1-4H3;2*9-11H,5-8H2,1-4H3;3*5-8H,1-4H3;2*5-7H,1-4H3. The van der Waals surface area contributed by atoms with Crippen molar-refractivity contribution in [1.82, 2.24) is 78.2 Å². The topological polar surface area (TPSA) is 185 Å². The molecule has 10 rings (SSSR count). The molecule has 0 fully saturated rings. The normalized spacial score (nSPS) is 11.5. The van der Waals surface area contributed by atoms with Crippen molar-refractivity contribution < 1.29 is 8.83 Å². The second-order valence-electron chi connectivity index (χ2n) is 43.1. The first-order chi connectivity index (χ1) is 60.9. The summed E-state index contributed by atoms with van der Waals surface area (Å²) in [7, 11) is 0. The molecule has 0 aliphatic carbocycles. The molecule has 130 heavy (non-hydrogen) atoms. The Kier molecular flexibility index (Phi) is 62.5. The number of hydrogen-bond donors (Lipinski definition) is 0. The summed E-state index contributed by atoms with van der Waals surface area (Å²) in [6.45, 7) is 91.3. The van der Waals surface area contributed by atoms with E-state index in [0.29, 0.717) is 59.6 Å². The molecule has 20 heteroatoms. The van der Waals surface area contributed by atoms with Crippen molar-refractivity contribution in [2.75, 3.05) is 0 Å². The quantitative estimate of drug-likeness (QED) is 0.0354. The summed E-state index contributed by atoms with van der Waals surface area (Å²) < 4.78 is 23.7. The van der Waals surface area contributed by atoms with E-state index >= 15 is 0 Å². The maximum absolute atomic E-state index is 5.67. The average Bonchev–Trinajstić information content (AvgIpc) is 1.75. The van der Waals surface area contributed by atoms with Crippen LogP contribution in [-0.4, -0.2) is 78.2 Å². The van der Waals surface area contributed by atoms with Gasteiger partial charge in [0.2, 0.25) is 0 Å². The van der Waals surface area contributed by atoms with Gasteiger partial charge in [-0.05, 0) is 244 Å². The van der Waals surface area contributed by atoms with Crippen molar-refractivity contribution in [3.8, 4) is 0 Å². The van der Waals surface area contributed by atoms with Crippen LogP contribution >= 0.6 is 22.7 Å². The maximum Gasteiger partial charge on any atom is 0.196 e. The molecule has 0 spiro atoms. The van der Waals surface area contributed by atoms with Gasteiger partial charge in [-0.3, -0.25) is 18.7 Å². The predicted molar refractivity (Wildman–Crippen MR) is 561 cm³/mol. The van der Waals surface area contributed by atoms with E-state index in [4.69, 9.17) is 8.83 Å². The lowest BCUT2D eigenvalue weighted by atomic mass is 10.1. The molecule has 0 radical (unpaired) electrons. The highest BCUT2D eigenvalue weighted by molar-refractivity contribution is 7.12. The van der Waals surface area contributed by atoms with Gasteiger partial charge in [-0.2, -0.15) is 20.4 Å². The van der Waals surface area contributed by atoms with Crippen molar-refractivity contribution in [1.29, 1.82) is 0 Å². The van der Waals surface area contributed by atoms with Crippen LogP contribution in [0.15, 0.2) is 108 Å². The largest absolute Gasteiger partial charge is 0.446 e. The van der Waals surface area contributed by atoms with E-state index in [1.54, 1.807) is 0 Å². The lowest BCUT2D eigenvalue weighted by molar-refractivity contribution is 0.420. The Morgan fingerprint density at radius 3 is 1.30 bits per heavy atom. The molecule has 10 aromatic heterocycles. The Morgan fingerprint density at radius 2 is 0.854 bits per heavy atom. The molecule has 0 amide bonds. The number of aryl methyl sites for hydroxylation is 10. The highest BCUT2D eigenvalue weighted by atomic mass is 32.1. The fourth-order valence-corrected chi connectivity index (χ4v) is 13.7. The van der Waals surface area contributed by atoms with Crippen LogP contribution in [0.2, 0.25) is 0 Å². The van der Waals surface area contributed by atoms with Crippen LogP contribution < -0.4 is 0 Å². The summed E-state index contributed by atoms with van der Waals surface area (Å²) in [5.74, 6) is 15.1. The van der Waals surface area contributed by atoms with Crippen molar-refractivity contribution >= 4 is 22.7 Å². The van der Waals surface area contributed by atoms with Gasteiger partial charge < -0.3 is 18.0 Å². The Balaban J connectivity index is 0.000000724. The number of oxazole rings is 2. The van der Waals surface area contributed by atoms with Crippen LogP contribution in [0.1, 0.15) is 478 Å². The SMILES string of the molecule is CC(C)CCc1ccn(CCC(C)C)n1.CC(C)CCc1cn(CCC(C)C)cn1.CC(C)CCc1cnc(CCC(C)C)o1.CC(C)CCc1cnc(CCC(C)C)s1.CC(C)CCc1cnn(CCC(C)C)c1.CC(C)c1ccn(C(C)C)n1.CC(C)c1cn(C(C)C)cn1.CC(C)c1cnc(C(C)C)o1.CC(C)c1cnc(C(C)C)s1.CC(C)c1cnn(C(C)C)c1. The third-order valence-electron chi connectivity index (χ3n) is 21.5. The Bertz CT molecular complexity index is 3430. The molecule has 0 N–H and O–H groups in total. The van der Waals surface area contributed by atoms with Gasteiger partial charge in [0.25, 0.3) is 0 Å². The first kappa shape index (κ1) is 121. The zero-order valence-electron chi connectivity index (χ0n) is 90.7. The molecule has 0 saturated heterocycles. The fourth-order valence-electron chi connectivity index (χ4n) is 11.8. The summed E-state index contributed by atoms with van der Waals surface area (Å²) in [6, 6.07) is 5.72. The average molecular weight is 1840 g/mol. The van der Waals surface area contributed by atoms with Crippen molar-refractivity contribution in [2.45, 2.75) is 465 Å². The van der Waals surface area contributed by atoms with E-state index in [1.807, 2.05) is 81.9 Å². The molecule has 0 atom stereocenters. The molecular weight excluding hydrogens is 1640 g/mol. The Morgan fingerprint density at radius 1 is 0.323 bits per heavy atom. The first-order valence-corrected chi connectivity index (χ1v) is 52.5. The smallest absolute Gasteiger partial charge is 0.196 e. The first-order valence-electron chi connectivity index (χ1n) is 50.9. The zero-order chi connectivity index (χ0) is 98.4. The van der Waals surface area contributed by atoms with Crippen LogP contribution in [0.5, 0.6) is 0 Å². The van der Waals surface area contributed by atoms with Crippen molar-refractivity contribution in [2.24, 2.45) is 59.2 Å². The summed E-state index contributed by atoms with van der Waals surface area (Å²) in [6.07, 6.45) is 48.4. The van der Waals surface area contributed by atoms with Crippen LogP contribution in [-0.2, 0) is 64.6 Å². The van der Waals surface area contributed by atoms with Crippen LogP contribution in [0.25, 0.3) is 0 Å². The molecule has 0 bridgehead atoms. The van der Waals surface area contributed by atoms with E-state index < -0.39 is 0 Å². The van der Waals surface area contributed by atoms with E-state index in [-0.39, 0.29) is 0 Å². The third kappa shape index (κ3) is 58.2. The number of imidazole rings is 2. The minimum atomic E-state index is 0.391. The lowest BCUT2D eigenvalue weighted by Gasteiger charge is -2.04. The molecule has 0 aromatic carbocycles. The summed E-state index contributed by atoms with van der Waals surface area (Å²) in [5, 5.41) is 20.2. The van der Waals surface area contributed by atoms with Gasteiger partial charge in [-0.1, -0.05) is 235 Å². The van der Waals surface area contributed by atoms with Gasteiger partial charge in [0.15, 0.2) is 11.8 Å². The van der Waals surface area contributed by atoms with Crippen LogP contribution in [0.4, 0.5) is 0 Å². The van der Waals surface area contributed by atoms with Gasteiger partial charge in [-0.15, -0.1) is 22.7 Å². The lowest BCUT2D eigenvalue weighted by Crippen LogP contribution is -2.03. The summed E-state index contributed by atoms with van der Waals surface area (Å²) in [4.78, 5) is 28.9. The monoisotopic (exact) mass is 1840 g/mol. The van der Waals surface area contributed by atoms with Crippen molar-refractivity contribution in [3.05, 3.63) is 176 Å². The molecule has 18 nitrogen and oxygen atoms in total. The van der Waals surface area contributed by atoms with Gasteiger partial charge in [0.05, 0.1) is 70.2 Å². The maximum atomic E-state index is 5.67. The van der Waals surface area contributed by atoms with E-state index in [2.05, 4.69) is 395 Å². The van der Waals surface area contributed by atoms with E-state index in [9.17, 15) is 0 Å². The molecule has 0 aliphatic rings. The second kappa shape index (κ2) is 67.2. The molecule has 10 aromatic rings. The number of rotatable bonds is 40. The number of nitrogens with zero attached hydrogens (tertiary/aromatic N) is 16. The second-order valence-corrected chi connectivity index (χ2v) is 45.4. The third-order valence-corrected chi connectivity index (χ3v) is 24.2. The van der Waals surface area contributed by atoms with Crippen LogP contribution in [0.3, 0.4) is 0 Å². The van der Waals surface area contributed by atoms with Gasteiger partial charge in [0, 0.05) is 128 Å². The molecule has 0 unspecified atom stereocenters. The van der Waals surface area contributed by atoms with Gasteiger partial charge in [0.1, 0.15) is 11.5 Å². The van der Waals surface area contributed by atoms with Crippen LogP contribution in [0, 0.1) is 59.2 Å². The number of aromatic nitrogens is 16. The molecule has 740 valence electrons. The van der Waals surface area contributed by atoms with Gasteiger partial charge in [-0.25, -0.2) is 29.9 Å². The minimum absolute atomic E-state index is 0.391. The molecule has 0 aliphatic heterocycles. The van der Waals surface area contributed by atoms with Gasteiger partial charge >= 0.3 is 0 Å². The predicted octanol–water partition coefficient (Wildman–Crippen LogP) is 32.8. The summed E-state index contributed by atoms with van der Waals surface area (Å²) >= 11 is 3.74. The highest BCUT2D eigenvalue weighted by Crippen LogP contribution is 2.28. The number of hydrogen-bond acceptors (Lipinski definition) is 14.